The van der Waals surface area contributed by atoms with Crippen molar-refractivity contribution < 1.29 is 14.6 Å². The third-order valence-electron chi connectivity index (χ3n) is 3.27. The van der Waals surface area contributed by atoms with Gasteiger partial charge in [-0.2, -0.15) is 0 Å². The first-order valence-electron chi connectivity index (χ1n) is 7.07. The maximum atomic E-state index is 10.3. The minimum atomic E-state index is -0.681. The molecule has 1 rings (SSSR count). The van der Waals surface area contributed by atoms with Crippen LogP contribution in [-0.2, 0) is 11.2 Å². The van der Waals surface area contributed by atoms with E-state index in [1.165, 1.54) is 24.8 Å². The number of aryl methyl sites for hydroxylation is 1. The molecule has 3 nitrogen and oxygen atoms in total. The van der Waals surface area contributed by atoms with Crippen LogP contribution in [0.2, 0.25) is 0 Å². The fourth-order valence-electron chi connectivity index (χ4n) is 2.10. The van der Waals surface area contributed by atoms with Gasteiger partial charge in [-0.15, -0.1) is 0 Å². The number of unbranched alkanes of at least 4 members (excludes halogenated alkanes) is 5. The Hall–Kier alpha value is -1.51. The van der Waals surface area contributed by atoms with Crippen molar-refractivity contribution in [1.29, 1.82) is 0 Å². The minimum absolute atomic E-state index is 0.311. The third-order valence-corrected chi connectivity index (χ3v) is 3.27. The van der Waals surface area contributed by atoms with Crippen molar-refractivity contribution in [2.45, 2.75) is 51.4 Å². The van der Waals surface area contributed by atoms with Crippen LogP contribution in [0, 0.1) is 0 Å². The van der Waals surface area contributed by atoms with Gasteiger partial charge in [-0.1, -0.05) is 37.8 Å². The third kappa shape index (κ3) is 7.50. The molecule has 0 saturated carbocycles. The van der Waals surface area contributed by atoms with Crippen molar-refractivity contribution in [1.82, 2.24) is 0 Å². The number of aliphatic carboxylic acids is 1. The summed E-state index contributed by atoms with van der Waals surface area (Å²) in [5.74, 6) is 0.224. The molecule has 19 heavy (non-hydrogen) atoms. The Morgan fingerprint density at radius 2 is 1.58 bits per heavy atom. The summed E-state index contributed by atoms with van der Waals surface area (Å²) in [5.41, 5.74) is 1.35. The SMILES string of the molecule is COc1ccc(CCCCCCCCC(=O)O)cc1. The lowest BCUT2D eigenvalue weighted by Gasteiger charge is -2.04. The van der Waals surface area contributed by atoms with Crippen molar-refractivity contribution in [2.24, 2.45) is 0 Å². The first-order chi connectivity index (χ1) is 9.22. The predicted octanol–water partition coefficient (Wildman–Crippen LogP) is 4.05. The fourth-order valence-corrected chi connectivity index (χ4v) is 2.10. The largest absolute Gasteiger partial charge is 0.497 e. The van der Waals surface area contributed by atoms with Crippen molar-refractivity contribution in [2.75, 3.05) is 7.11 Å². The molecule has 0 spiro atoms. The fraction of sp³-hybridized carbons (Fsp3) is 0.562. The maximum Gasteiger partial charge on any atom is 0.303 e. The van der Waals surface area contributed by atoms with Crippen molar-refractivity contribution in [3.05, 3.63) is 29.8 Å². The van der Waals surface area contributed by atoms with E-state index in [0.717, 1.165) is 31.4 Å². The molecule has 0 radical (unpaired) electrons. The van der Waals surface area contributed by atoms with Gasteiger partial charge in [0.1, 0.15) is 5.75 Å². The molecule has 0 unspecified atom stereocenters. The smallest absolute Gasteiger partial charge is 0.303 e. The van der Waals surface area contributed by atoms with Gasteiger partial charge in [0.2, 0.25) is 0 Å². The molecular formula is C16H24O3. The van der Waals surface area contributed by atoms with E-state index < -0.39 is 5.97 Å². The molecule has 0 aliphatic carbocycles. The number of rotatable bonds is 10. The second kappa shape index (κ2) is 9.42. The first-order valence-corrected chi connectivity index (χ1v) is 7.07. The van der Waals surface area contributed by atoms with Gasteiger partial charge >= 0.3 is 5.97 Å². The second-order valence-electron chi connectivity index (χ2n) is 4.86. The van der Waals surface area contributed by atoms with Crippen molar-refractivity contribution >= 4 is 5.97 Å². The molecule has 0 bridgehead atoms. The highest BCUT2D eigenvalue weighted by molar-refractivity contribution is 5.66. The average Bonchev–Trinajstić information content (AvgIpc) is 2.42. The van der Waals surface area contributed by atoms with Crippen molar-refractivity contribution in [3.63, 3.8) is 0 Å². The number of methoxy groups -OCH3 is 1. The molecule has 0 heterocycles. The van der Waals surface area contributed by atoms with Crippen LogP contribution in [0.15, 0.2) is 24.3 Å². The van der Waals surface area contributed by atoms with Gasteiger partial charge in [0.25, 0.3) is 0 Å². The van der Waals surface area contributed by atoms with Gasteiger partial charge in [-0.25, -0.2) is 0 Å². The van der Waals surface area contributed by atoms with E-state index in [2.05, 4.69) is 12.1 Å². The van der Waals surface area contributed by atoms with Gasteiger partial charge in [-0.05, 0) is 37.0 Å². The Kier molecular flexibility index (Phi) is 7.71. The normalized spacial score (nSPS) is 10.4. The van der Waals surface area contributed by atoms with Gasteiger partial charge in [-0.3, -0.25) is 4.79 Å². The Balaban J connectivity index is 1.99. The Labute approximate surface area is 115 Å². The lowest BCUT2D eigenvalue weighted by atomic mass is 10.0. The summed E-state index contributed by atoms with van der Waals surface area (Å²) >= 11 is 0. The van der Waals surface area contributed by atoms with Crippen LogP contribution >= 0.6 is 0 Å². The molecule has 106 valence electrons. The van der Waals surface area contributed by atoms with E-state index in [0.29, 0.717) is 6.42 Å². The summed E-state index contributed by atoms with van der Waals surface area (Å²) in [6, 6.07) is 8.24. The molecule has 1 aromatic carbocycles. The zero-order valence-corrected chi connectivity index (χ0v) is 11.7. The molecule has 0 saturated heterocycles. The second-order valence-corrected chi connectivity index (χ2v) is 4.86. The summed E-state index contributed by atoms with van der Waals surface area (Å²) in [4.78, 5) is 10.3. The molecule has 1 aromatic rings. The lowest BCUT2D eigenvalue weighted by molar-refractivity contribution is -0.137. The van der Waals surface area contributed by atoms with E-state index in [1.807, 2.05) is 12.1 Å². The topological polar surface area (TPSA) is 46.5 Å². The number of carbonyl (C=O) groups is 1. The molecule has 0 fully saturated rings. The molecule has 0 atom stereocenters. The number of hydrogen-bond acceptors (Lipinski definition) is 2. The Morgan fingerprint density at radius 1 is 1.00 bits per heavy atom. The molecule has 0 aromatic heterocycles. The first kappa shape index (κ1) is 15.5. The highest BCUT2D eigenvalue weighted by atomic mass is 16.5. The molecular weight excluding hydrogens is 240 g/mol. The van der Waals surface area contributed by atoms with E-state index >= 15 is 0 Å². The molecule has 0 aliphatic rings. The van der Waals surface area contributed by atoms with Crippen LogP contribution in [-0.4, -0.2) is 18.2 Å². The summed E-state index contributed by atoms with van der Waals surface area (Å²) in [6.45, 7) is 0. The maximum absolute atomic E-state index is 10.3. The summed E-state index contributed by atoms with van der Waals surface area (Å²) in [6.07, 6.45) is 8.05. The zero-order chi connectivity index (χ0) is 13.9. The van der Waals surface area contributed by atoms with E-state index in [1.54, 1.807) is 7.11 Å². The summed E-state index contributed by atoms with van der Waals surface area (Å²) in [7, 11) is 1.68. The molecule has 0 aliphatic heterocycles. The van der Waals surface area contributed by atoms with Crippen LogP contribution < -0.4 is 4.74 Å². The van der Waals surface area contributed by atoms with Gasteiger partial charge in [0.15, 0.2) is 0 Å². The highest BCUT2D eigenvalue weighted by Gasteiger charge is 1.97. The van der Waals surface area contributed by atoms with E-state index in [-0.39, 0.29) is 0 Å². The molecule has 3 heteroatoms. The number of carboxylic acid groups (broad SMARTS) is 1. The lowest BCUT2D eigenvalue weighted by Crippen LogP contribution is -1.93. The quantitative estimate of drug-likeness (QED) is 0.648. The highest BCUT2D eigenvalue weighted by Crippen LogP contribution is 2.14. The standard InChI is InChI=1S/C16H24O3/c1-19-15-12-10-14(11-13-15)8-6-4-2-3-5-7-9-16(17)18/h10-13H,2-9H2,1H3,(H,17,18). The van der Waals surface area contributed by atoms with Gasteiger partial charge < -0.3 is 9.84 Å². The van der Waals surface area contributed by atoms with Crippen LogP contribution in [0.25, 0.3) is 0 Å². The molecule has 0 amide bonds. The van der Waals surface area contributed by atoms with Gasteiger partial charge in [0, 0.05) is 6.42 Å². The monoisotopic (exact) mass is 264 g/mol. The molecule has 1 N–H and O–H groups in total. The predicted molar refractivity (Wildman–Crippen MR) is 76.7 cm³/mol. The minimum Gasteiger partial charge on any atom is -0.497 e. The van der Waals surface area contributed by atoms with Crippen molar-refractivity contribution in [3.8, 4) is 5.75 Å². The summed E-state index contributed by atoms with van der Waals surface area (Å²) in [5, 5.41) is 8.51. The zero-order valence-electron chi connectivity index (χ0n) is 11.7. The number of ether oxygens (including phenoxy) is 1. The van der Waals surface area contributed by atoms with Crippen LogP contribution in [0.4, 0.5) is 0 Å². The Morgan fingerprint density at radius 3 is 2.16 bits per heavy atom. The van der Waals surface area contributed by atoms with Crippen LogP contribution in [0.3, 0.4) is 0 Å². The average molecular weight is 264 g/mol. The number of hydrogen-bond donors (Lipinski definition) is 1. The Bertz CT molecular complexity index is 357. The number of benzene rings is 1. The van der Waals surface area contributed by atoms with Crippen LogP contribution in [0.5, 0.6) is 5.75 Å². The summed E-state index contributed by atoms with van der Waals surface area (Å²) < 4.78 is 5.12. The van der Waals surface area contributed by atoms with E-state index in [9.17, 15) is 4.79 Å². The van der Waals surface area contributed by atoms with Crippen LogP contribution in [0.1, 0.15) is 50.5 Å². The van der Waals surface area contributed by atoms with Gasteiger partial charge in [0.05, 0.1) is 7.11 Å². The van der Waals surface area contributed by atoms with E-state index in [4.69, 9.17) is 9.84 Å². The number of carboxylic acids is 1.